The Morgan fingerprint density at radius 3 is 1.60 bits per heavy atom. The van der Waals surface area contributed by atoms with Crippen molar-refractivity contribution in [2.24, 2.45) is 84.1 Å². The average Bonchev–Trinajstić information content (AvgIpc) is 1.79. The smallest absolute Gasteiger partial charge is 0.245 e. The number of nitrogens with one attached hydrogen (secondary N) is 12. The lowest BCUT2D eigenvalue weighted by atomic mass is 9.96. The van der Waals surface area contributed by atoms with E-state index in [1.807, 2.05) is 13.8 Å². The van der Waals surface area contributed by atoms with Crippen molar-refractivity contribution < 1.29 is 72.2 Å². The maximum atomic E-state index is 15.1. The molecule has 2 aromatic carbocycles. The molecule has 41 heteroatoms. The van der Waals surface area contributed by atoms with Crippen molar-refractivity contribution in [3.8, 4) is 5.75 Å². The van der Waals surface area contributed by atoms with Gasteiger partial charge in [-0.25, -0.2) is 0 Å². The van der Waals surface area contributed by atoms with Crippen molar-refractivity contribution >= 4 is 101 Å². The van der Waals surface area contributed by atoms with Crippen LogP contribution in [0.2, 0.25) is 0 Å². The van der Waals surface area contributed by atoms with Crippen LogP contribution in [0.1, 0.15) is 148 Å². The molecule has 2 heterocycles. The van der Waals surface area contributed by atoms with E-state index in [4.69, 9.17) is 57.3 Å². The number of aliphatic imine (C=N–C) groups is 3. The number of amides is 14. The fraction of sp³-hybridized carbons (Fsp3) is 0.608. The summed E-state index contributed by atoms with van der Waals surface area (Å²) in [7, 11) is 0. The molecular formula is C74H122N26O15. The number of carbonyl (C=O) groups is 14. The molecule has 2 aliphatic rings. The number of hydrogen-bond donors (Lipinski definition) is 23. The molecule has 0 spiro atoms. The molecule has 41 nitrogen and oxygen atoms in total. The van der Waals surface area contributed by atoms with Crippen LogP contribution in [0.3, 0.4) is 0 Å². The first kappa shape index (κ1) is 95.9. The van der Waals surface area contributed by atoms with Gasteiger partial charge in [-0.05, 0) is 151 Å². The number of likely N-dealkylation sites (tertiary alicyclic amines) is 1. The van der Waals surface area contributed by atoms with Crippen LogP contribution in [-0.4, -0.2) is 235 Å². The summed E-state index contributed by atoms with van der Waals surface area (Å²) >= 11 is 0. The SMILES string of the molecule is CC[C@H](C)[C@H](NC(=O)[C@H](CCCN=C(N)N)NC(=O)[C@H](CCCN=C(N)N)NC(=O)[C@@H]1CNC(=O)C[C@@H](NC(=O)[C@@H](N)Cc2ccc(O)cc2)C(=O)NCC(=O)N[C@@H](Cc2ccccc2)C(=O)N1)C(=O)N[C@@H](CCCN=C(N)N)C(=O)N1CCC[C@@H]1C(=O)N[C@@H](CCCCN)C(=O)N[C@@H](CC(C)C)C(=O)N[C@@H](CCCCN)C(N)=O. The lowest BCUT2D eigenvalue weighted by molar-refractivity contribution is -0.143. The lowest BCUT2D eigenvalue weighted by Crippen LogP contribution is -2.62. The van der Waals surface area contributed by atoms with Crippen molar-refractivity contribution in [1.29, 1.82) is 0 Å². The van der Waals surface area contributed by atoms with Crippen molar-refractivity contribution in [3.63, 3.8) is 0 Å². The summed E-state index contributed by atoms with van der Waals surface area (Å²) in [6, 6.07) is -2.65. The second-order valence-electron chi connectivity index (χ2n) is 29.0. The maximum absolute atomic E-state index is 15.1. The predicted octanol–water partition coefficient (Wildman–Crippen LogP) is -7.02. The fourth-order valence-corrected chi connectivity index (χ4v) is 12.6. The second-order valence-corrected chi connectivity index (χ2v) is 29.0. The van der Waals surface area contributed by atoms with Crippen molar-refractivity contribution in [2.45, 2.75) is 222 Å². The second kappa shape index (κ2) is 50.6. The summed E-state index contributed by atoms with van der Waals surface area (Å²) in [4.78, 5) is 213. The number of nitrogens with zero attached hydrogens (tertiary/aromatic N) is 4. The molecule has 2 saturated heterocycles. The first-order valence-electron chi connectivity index (χ1n) is 39.0. The summed E-state index contributed by atoms with van der Waals surface area (Å²) in [6.45, 7) is 6.01. The zero-order valence-corrected chi connectivity index (χ0v) is 66.1. The van der Waals surface area contributed by atoms with Gasteiger partial charge in [0.05, 0.1) is 19.0 Å². The fourth-order valence-electron chi connectivity index (χ4n) is 12.6. The number of guanidine groups is 3. The number of benzene rings is 2. The van der Waals surface area contributed by atoms with Crippen LogP contribution < -0.4 is 121 Å². The Labute approximate surface area is 669 Å². The monoisotopic (exact) mass is 1610 g/mol. The number of unbranched alkanes of at least 4 members (excludes halogenated alkanes) is 2. The van der Waals surface area contributed by atoms with Crippen LogP contribution in [0, 0.1) is 11.8 Å². The molecule has 2 aliphatic heterocycles. The molecule has 0 bridgehead atoms. The number of primary amides is 1. The van der Waals surface area contributed by atoms with Crippen molar-refractivity contribution in [1.82, 2.24) is 68.7 Å². The van der Waals surface area contributed by atoms with Gasteiger partial charge in [-0.1, -0.05) is 76.6 Å². The number of hydrogen-bond acceptors (Lipinski definition) is 21. The third-order valence-electron chi connectivity index (χ3n) is 19.1. The topological polar surface area (TPSA) is 704 Å². The van der Waals surface area contributed by atoms with Gasteiger partial charge in [0, 0.05) is 39.1 Å². The zero-order chi connectivity index (χ0) is 85.3. The molecule has 0 aromatic heterocycles. The summed E-state index contributed by atoms with van der Waals surface area (Å²) in [5, 5.41) is 41.3. The first-order chi connectivity index (χ1) is 54.6. The van der Waals surface area contributed by atoms with Crippen LogP contribution in [-0.2, 0) is 80.0 Å². The molecule has 0 saturated carbocycles. The minimum atomic E-state index is -1.78. The summed E-state index contributed by atoms with van der Waals surface area (Å²) in [6.07, 6.45) is 1.51. The Morgan fingerprint density at radius 2 is 1.05 bits per heavy atom. The Morgan fingerprint density at radius 1 is 0.548 bits per heavy atom. The maximum Gasteiger partial charge on any atom is 0.245 e. The molecule has 2 fully saturated rings. The highest BCUT2D eigenvalue weighted by atomic mass is 16.3. The Bertz CT molecular complexity index is 3650. The zero-order valence-electron chi connectivity index (χ0n) is 66.1. The van der Waals surface area contributed by atoms with Crippen LogP contribution >= 0.6 is 0 Å². The molecule has 0 unspecified atom stereocenters. The molecule has 2 aromatic rings. The van der Waals surface area contributed by atoms with Gasteiger partial charge in [-0.2, -0.15) is 0 Å². The van der Waals surface area contributed by atoms with E-state index in [9.17, 15) is 53.1 Å². The highest BCUT2D eigenvalue weighted by Gasteiger charge is 2.42. The van der Waals surface area contributed by atoms with Crippen molar-refractivity contribution in [2.75, 3.05) is 52.4 Å². The van der Waals surface area contributed by atoms with Crippen molar-refractivity contribution in [3.05, 3.63) is 65.7 Å². The van der Waals surface area contributed by atoms with Gasteiger partial charge in [-0.15, -0.1) is 0 Å². The van der Waals surface area contributed by atoms with E-state index in [0.29, 0.717) is 49.8 Å². The summed E-state index contributed by atoms with van der Waals surface area (Å²) in [5.74, 6) is -13.9. The Balaban J connectivity index is 1.70. The van der Waals surface area contributed by atoms with E-state index in [2.05, 4.69) is 78.8 Å². The first-order valence-corrected chi connectivity index (χ1v) is 39.0. The van der Waals surface area contributed by atoms with Crippen LogP contribution in [0.25, 0.3) is 0 Å². The van der Waals surface area contributed by atoms with Crippen LogP contribution in [0.4, 0.5) is 0 Å². The van der Waals surface area contributed by atoms with E-state index in [-0.39, 0.29) is 146 Å². The van der Waals surface area contributed by atoms with Gasteiger partial charge < -0.3 is 131 Å². The highest BCUT2D eigenvalue weighted by molar-refractivity contribution is 6.01. The van der Waals surface area contributed by atoms with Gasteiger partial charge in [0.25, 0.3) is 0 Å². The number of rotatable bonds is 46. The number of carbonyl (C=O) groups excluding carboxylic acids is 14. The van der Waals surface area contributed by atoms with E-state index in [0.717, 1.165) is 0 Å². The quantitative estimate of drug-likeness (QED) is 0.0166. The molecular weight excluding hydrogens is 1490 g/mol. The standard InChI is InChI=1S/C74H122N26O15/c1-5-42(4)59(70(114)95-51(23-15-33-87-74(83)84)71(115)100-34-16-24-56(100)69(113)94-48(20-10-12-30-76)64(108)97-52(35-41(2)3)66(110)91-47(60(78)104)19-9-11-29-75)99-65(109)50(22-14-32-86-73(81)82)92-63(107)49(21-13-31-85-72(79)80)93-68(112)55-39-88-57(102)38-54(96-61(105)46(77)36-44-25-27-45(101)28-26-44)62(106)89-40-58(103)90-53(67(111)98-55)37-43-17-7-6-8-18-43/h6-8,17-18,25-28,41-42,46-56,59,101H,5,9-16,19-24,29-40,75-77H2,1-4H3,(H2,78,104)(H,88,102)(H,89,106)(H,90,103)(H,91,110)(H,92,107)(H,93,112)(H,94,113)(H,95,114)(H,96,105)(H,97,108)(H,98,111)(H,99,109)(H4,79,80,85)(H4,81,82,86)(H4,83,84,87)/t42-,46-,47-,48-,49-,50-,51-,52-,53-,54+,55-,56+,59-/m0/s1. The molecule has 0 aliphatic carbocycles. The molecule has 115 heavy (non-hydrogen) atoms. The number of nitrogens with two attached hydrogens (primary N) is 10. The summed E-state index contributed by atoms with van der Waals surface area (Å²) in [5.41, 5.74) is 58.4. The number of aromatic hydroxyl groups is 1. The van der Waals surface area contributed by atoms with Gasteiger partial charge >= 0.3 is 0 Å². The minimum absolute atomic E-state index is 0.00622. The van der Waals surface area contributed by atoms with Crippen LogP contribution in [0.5, 0.6) is 5.75 Å². The lowest BCUT2D eigenvalue weighted by Gasteiger charge is -2.32. The van der Waals surface area contributed by atoms with E-state index < -0.39 is 181 Å². The third-order valence-corrected chi connectivity index (χ3v) is 19.1. The molecule has 4 rings (SSSR count). The molecule has 33 N–H and O–H groups in total. The van der Waals surface area contributed by atoms with E-state index in [1.165, 1.54) is 29.2 Å². The largest absolute Gasteiger partial charge is 0.508 e. The number of phenolic OH excluding ortho intramolecular Hbond substituents is 1. The summed E-state index contributed by atoms with van der Waals surface area (Å²) < 4.78 is 0. The average molecular weight is 1620 g/mol. The van der Waals surface area contributed by atoms with Gasteiger partial charge in [0.15, 0.2) is 17.9 Å². The van der Waals surface area contributed by atoms with E-state index in [1.54, 1.807) is 44.2 Å². The van der Waals surface area contributed by atoms with Gasteiger partial charge in [0.1, 0.15) is 72.2 Å². The highest BCUT2D eigenvalue weighted by Crippen LogP contribution is 2.22. The van der Waals surface area contributed by atoms with E-state index >= 15 is 19.2 Å². The molecule has 14 amide bonds. The Hall–Kier alpha value is -11.5. The molecule has 13 atom stereocenters. The van der Waals surface area contributed by atoms with Gasteiger partial charge in [0.2, 0.25) is 82.7 Å². The Kier molecular flexibility index (Phi) is 42.2. The minimum Gasteiger partial charge on any atom is -0.508 e. The normalized spacial score (nSPS) is 18.2. The van der Waals surface area contributed by atoms with Crippen LogP contribution in [0.15, 0.2) is 69.6 Å². The molecule has 0 radical (unpaired) electrons. The number of phenols is 1. The van der Waals surface area contributed by atoms with Gasteiger partial charge in [-0.3, -0.25) is 82.1 Å². The third kappa shape index (κ3) is 35.2. The molecule has 638 valence electrons. The predicted molar refractivity (Wildman–Crippen MR) is 428 cm³/mol.